The Kier molecular flexibility index (Phi) is 19.4. The minimum Gasteiger partial charge on any atom is -0.493 e. The zero-order valence-corrected chi connectivity index (χ0v) is 25.5. The number of benzene rings is 2. The van der Waals surface area contributed by atoms with E-state index in [0.29, 0.717) is 0 Å². The maximum Gasteiger partial charge on any atom is 0.164 e. The van der Waals surface area contributed by atoms with Crippen LogP contribution >= 0.6 is 24.8 Å². The molecule has 0 aliphatic heterocycles. The van der Waals surface area contributed by atoms with Crippen LogP contribution in [0.3, 0.4) is 0 Å². The molecule has 0 saturated heterocycles. The van der Waals surface area contributed by atoms with Gasteiger partial charge in [-0.15, -0.1) is 36.7 Å². The number of methoxy groups -OCH3 is 4. The van der Waals surface area contributed by atoms with E-state index in [1.165, 1.54) is 22.3 Å². The van der Waals surface area contributed by atoms with Crippen LogP contribution in [0.2, 0.25) is 0 Å². The third kappa shape index (κ3) is 10.5. The number of halogens is 2. The predicted octanol–water partition coefficient (Wildman–Crippen LogP) is 5.44. The van der Waals surface area contributed by atoms with Crippen LogP contribution in [0.25, 0.3) is 0 Å². The van der Waals surface area contributed by atoms with Gasteiger partial charge in [0, 0.05) is 37.1 Å². The molecule has 0 bridgehead atoms. The third-order valence-corrected chi connectivity index (χ3v) is 6.32. The Bertz CT molecular complexity index is 928. The molecule has 2 rings (SSSR count). The monoisotopic (exact) mass is 568 g/mol. The molecule has 8 heteroatoms. The summed E-state index contributed by atoms with van der Waals surface area (Å²) in [5.41, 5.74) is 5.06. The van der Waals surface area contributed by atoms with Gasteiger partial charge in [-0.05, 0) is 62.0 Å². The van der Waals surface area contributed by atoms with Crippen molar-refractivity contribution < 1.29 is 18.9 Å². The van der Waals surface area contributed by atoms with Gasteiger partial charge in [0.1, 0.15) is 0 Å². The topological polar surface area (TPSA) is 61.0 Å². The summed E-state index contributed by atoms with van der Waals surface area (Å²) in [5, 5.41) is 7.00. The molecule has 6 nitrogen and oxygen atoms in total. The van der Waals surface area contributed by atoms with Gasteiger partial charge in [-0.25, -0.2) is 0 Å². The van der Waals surface area contributed by atoms with Gasteiger partial charge in [-0.3, -0.25) is 0 Å². The molecule has 0 fully saturated rings. The molecule has 2 aromatic rings. The zero-order chi connectivity index (χ0) is 26.2. The van der Waals surface area contributed by atoms with E-state index in [1.807, 2.05) is 12.1 Å². The van der Waals surface area contributed by atoms with Gasteiger partial charge in [0.05, 0.1) is 28.4 Å². The molecule has 0 amide bonds. The number of hydrogen-bond donors (Lipinski definition) is 2. The summed E-state index contributed by atoms with van der Waals surface area (Å²) in [6, 6.07) is 8.26. The molecule has 0 heterocycles. The number of nitrogens with one attached hydrogen (secondary N) is 2. The number of hydrogen-bond acceptors (Lipinski definition) is 6. The van der Waals surface area contributed by atoms with Crippen molar-refractivity contribution in [1.29, 1.82) is 0 Å². The van der Waals surface area contributed by atoms with Crippen LogP contribution in [-0.4, -0.2) is 54.6 Å². The van der Waals surface area contributed by atoms with Crippen molar-refractivity contribution in [2.75, 3.05) is 54.6 Å². The molecular weight excluding hydrogens is 523 g/mol. The fraction of sp³-hybridized carbons (Fsp3) is 0.533. The maximum absolute atomic E-state index is 5.58. The van der Waals surface area contributed by atoms with E-state index in [-0.39, 0.29) is 24.8 Å². The Morgan fingerprint density at radius 3 is 1.29 bits per heavy atom. The van der Waals surface area contributed by atoms with Crippen LogP contribution in [0.4, 0.5) is 0 Å². The first kappa shape index (κ1) is 35.7. The van der Waals surface area contributed by atoms with E-state index < -0.39 is 0 Å². The van der Waals surface area contributed by atoms with Crippen LogP contribution < -0.4 is 29.6 Å². The van der Waals surface area contributed by atoms with Gasteiger partial charge >= 0.3 is 0 Å². The summed E-state index contributed by atoms with van der Waals surface area (Å²) in [6.07, 6.45) is 5.48. The maximum atomic E-state index is 5.58. The Labute approximate surface area is 242 Å². The van der Waals surface area contributed by atoms with Gasteiger partial charge < -0.3 is 29.6 Å². The van der Waals surface area contributed by atoms with Crippen LogP contribution in [-0.2, 0) is 25.7 Å². The quantitative estimate of drug-likeness (QED) is 0.208. The summed E-state index contributed by atoms with van der Waals surface area (Å²) >= 11 is 0. The van der Waals surface area contributed by atoms with E-state index in [4.69, 9.17) is 18.9 Å². The predicted molar refractivity (Wildman–Crippen MR) is 163 cm³/mol. The Morgan fingerprint density at radius 1 is 0.579 bits per heavy atom. The molecule has 0 spiro atoms. The highest BCUT2D eigenvalue weighted by Gasteiger charge is 2.14. The SMILES string of the molecule is CCc1c(CCNCCC#CCCNCCc2ccc(OC)c(OC)c2CC)ccc(OC)c1OC.Cl.Cl. The minimum absolute atomic E-state index is 0. The van der Waals surface area contributed by atoms with Gasteiger partial charge in [-0.2, -0.15) is 0 Å². The van der Waals surface area contributed by atoms with Crippen molar-refractivity contribution in [3.05, 3.63) is 46.5 Å². The highest BCUT2D eigenvalue weighted by atomic mass is 35.5. The molecule has 0 saturated carbocycles. The normalized spacial score (nSPS) is 9.95. The lowest BCUT2D eigenvalue weighted by Gasteiger charge is -2.16. The van der Waals surface area contributed by atoms with Crippen LogP contribution in [0, 0.1) is 11.8 Å². The Morgan fingerprint density at radius 2 is 0.974 bits per heavy atom. The minimum atomic E-state index is 0. The van der Waals surface area contributed by atoms with Gasteiger partial charge in [0.25, 0.3) is 0 Å². The standard InChI is InChI=1S/C30H44N2O4.2ClH/c1-7-25-23(13-15-27(33-3)29(25)35-5)17-21-31-19-11-9-10-12-20-32-22-18-24-14-16-28(34-4)30(36-6)26(24)8-2;;/h13-16,31-32H,7-8,11-12,17-22H2,1-6H3;2*1H. The lowest BCUT2D eigenvalue weighted by atomic mass is 10.0. The van der Waals surface area contributed by atoms with Crippen molar-refractivity contribution in [2.45, 2.75) is 52.4 Å². The highest BCUT2D eigenvalue weighted by Crippen LogP contribution is 2.35. The van der Waals surface area contributed by atoms with Crippen molar-refractivity contribution in [3.8, 4) is 34.8 Å². The van der Waals surface area contributed by atoms with Crippen molar-refractivity contribution in [3.63, 3.8) is 0 Å². The lowest BCUT2D eigenvalue weighted by molar-refractivity contribution is 0.351. The molecule has 2 aromatic carbocycles. The van der Waals surface area contributed by atoms with E-state index in [1.54, 1.807) is 28.4 Å². The lowest BCUT2D eigenvalue weighted by Crippen LogP contribution is -2.19. The van der Waals surface area contributed by atoms with Crippen molar-refractivity contribution >= 4 is 24.8 Å². The summed E-state index contributed by atoms with van der Waals surface area (Å²) in [6.45, 7) is 7.93. The first-order chi connectivity index (χ1) is 17.6. The molecule has 2 N–H and O–H groups in total. The fourth-order valence-corrected chi connectivity index (χ4v) is 4.48. The smallest absolute Gasteiger partial charge is 0.164 e. The largest absolute Gasteiger partial charge is 0.493 e. The van der Waals surface area contributed by atoms with Crippen molar-refractivity contribution in [2.24, 2.45) is 0 Å². The molecular formula is C30H46Cl2N2O4. The molecule has 0 aromatic heterocycles. The summed E-state index contributed by atoms with van der Waals surface area (Å²) < 4.78 is 22.0. The fourth-order valence-electron chi connectivity index (χ4n) is 4.48. The van der Waals surface area contributed by atoms with Gasteiger partial charge in [0.2, 0.25) is 0 Å². The average Bonchev–Trinajstić information content (AvgIpc) is 2.92. The molecule has 0 aliphatic rings. The number of rotatable bonds is 16. The summed E-state index contributed by atoms with van der Waals surface area (Å²) in [5.74, 6) is 9.84. The molecule has 0 unspecified atom stereocenters. The Balaban J connectivity index is 0.00000684. The van der Waals surface area contributed by atoms with E-state index in [9.17, 15) is 0 Å². The average molecular weight is 570 g/mol. The number of ether oxygens (including phenoxy) is 4. The zero-order valence-electron chi connectivity index (χ0n) is 23.8. The van der Waals surface area contributed by atoms with E-state index in [0.717, 1.165) is 87.7 Å². The third-order valence-electron chi connectivity index (χ3n) is 6.32. The first-order valence-electron chi connectivity index (χ1n) is 13.0. The second kappa shape index (κ2) is 20.6. The van der Waals surface area contributed by atoms with Crippen LogP contribution in [0.5, 0.6) is 23.0 Å². The van der Waals surface area contributed by atoms with E-state index in [2.05, 4.69) is 48.5 Å². The molecule has 214 valence electrons. The molecule has 0 aliphatic carbocycles. The Hall–Kier alpha value is -2.30. The summed E-state index contributed by atoms with van der Waals surface area (Å²) in [7, 11) is 6.76. The molecule has 0 atom stereocenters. The second-order valence-corrected chi connectivity index (χ2v) is 8.44. The second-order valence-electron chi connectivity index (χ2n) is 8.44. The van der Waals surface area contributed by atoms with Gasteiger partial charge in [-0.1, -0.05) is 26.0 Å². The summed E-state index contributed by atoms with van der Waals surface area (Å²) in [4.78, 5) is 0. The van der Waals surface area contributed by atoms with Crippen LogP contribution in [0.15, 0.2) is 24.3 Å². The highest BCUT2D eigenvalue weighted by molar-refractivity contribution is 5.85. The van der Waals surface area contributed by atoms with Crippen LogP contribution in [0.1, 0.15) is 48.9 Å². The van der Waals surface area contributed by atoms with Crippen molar-refractivity contribution in [1.82, 2.24) is 10.6 Å². The molecule has 38 heavy (non-hydrogen) atoms. The van der Waals surface area contributed by atoms with Gasteiger partial charge in [0.15, 0.2) is 23.0 Å². The first-order valence-corrected chi connectivity index (χ1v) is 13.0. The molecule has 0 radical (unpaired) electrons. The van der Waals surface area contributed by atoms with E-state index >= 15 is 0 Å².